The first-order chi connectivity index (χ1) is 15.0. The maximum absolute atomic E-state index is 13.2. The first-order valence-electron chi connectivity index (χ1n) is 9.29. The zero-order chi connectivity index (χ0) is 22.0. The Bertz CT molecular complexity index is 1340. The third-order valence-corrected chi connectivity index (χ3v) is 5.70. The summed E-state index contributed by atoms with van der Waals surface area (Å²) in [6.45, 7) is 0. The summed E-state index contributed by atoms with van der Waals surface area (Å²) in [5.74, 6) is -0.316. The predicted molar refractivity (Wildman–Crippen MR) is 120 cm³/mol. The van der Waals surface area contributed by atoms with Crippen molar-refractivity contribution in [2.75, 3.05) is 19.5 Å². The van der Waals surface area contributed by atoms with Crippen molar-refractivity contribution in [3.8, 4) is 11.4 Å². The molecule has 7 nitrogen and oxygen atoms in total. The maximum atomic E-state index is 13.2. The highest BCUT2D eigenvalue weighted by Crippen LogP contribution is 2.25. The highest BCUT2D eigenvalue weighted by Gasteiger charge is 2.19. The lowest BCUT2D eigenvalue weighted by Gasteiger charge is -2.13. The average Bonchev–Trinajstić information content (AvgIpc) is 3.27. The number of esters is 1. The molecular weight excluding hydrogens is 416 g/mol. The van der Waals surface area contributed by atoms with E-state index in [0.717, 1.165) is 0 Å². The van der Waals surface area contributed by atoms with Crippen LogP contribution in [0.3, 0.4) is 0 Å². The van der Waals surface area contributed by atoms with Gasteiger partial charge in [0.15, 0.2) is 0 Å². The number of carbonyl (C=O) groups is 2. The molecular formula is C23H18N2O5S. The second-order valence-corrected chi connectivity index (χ2v) is 7.49. The smallest absolute Gasteiger partial charge is 0.350 e. The van der Waals surface area contributed by atoms with Crippen molar-refractivity contribution in [3.05, 3.63) is 87.0 Å². The summed E-state index contributed by atoms with van der Waals surface area (Å²) in [6, 6.07) is 15.5. The summed E-state index contributed by atoms with van der Waals surface area (Å²) in [4.78, 5) is 38.5. The summed E-state index contributed by atoms with van der Waals surface area (Å²) in [5.41, 5.74) is 1.00. The molecule has 0 saturated heterocycles. The van der Waals surface area contributed by atoms with E-state index in [1.165, 1.54) is 29.2 Å². The van der Waals surface area contributed by atoms with Crippen molar-refractivity contribution < 1.29 is 19.1 Å². The molecule has 31 heavy (non-hydrogen) atoms. The SMILES string of the molecule is COC(=O)c1sccc1NC(=O)c1cn(-c2ccc(OC)cc2)c(=O)c2ccccc12. The van der Waals surface area contributed by atoms with Crippen molar-refractivity contribution >= 4 is 39.7 Å². The second-order valence-electron chi connectivity index (χ2n) is 6.57. The Morgan fingerprint density at radius 1 is 0.968 bits per heavy atom. The van der Waals surface area contributed by atoms with E-state index in [2.05, 4.69) is 5.32 Å². The lowest BCUT2D eigenvalue weighted by atomic mass is 10.1. The Labute approximate surface area is 181 Å². The zero-order valence-corrected chi connectivity index (χ0v) is 17.6. The van der Waals surface area contributed by atoms with Gasteiger partial charge in [0, 0.05) is 22.7 Å². The van der Waals surface area contributed by atoms with Gasteiger partial charge in [-0.3, -0.25) is 14.2 Å². The lowest BCUT2D eigenvalue weighted by molar-refractivity contribution is 0.0607. The molecule has 2 heterocycles. The molecule has 0 atom stereocenters. The summed E-state index contributed by atoms with van der Waals surface area (Å²) in [7, 11) is 2.85. The molecule has 4 rings (SSSR count). The summed E-state index contributed by atoms with van der Waals surface area (Å²) < 4.78 is 11.4. The number of methoxy groups -OCH3 is 2. The minimum atomic E-state index is -0.529. The van der Waals surface area contributed by atoms with Crippen LogP contribution in [-0.4, -0.2) is 30.7 Å². The largest absolute Gasteiger partial charge is 0.497 e. The number of fused-ring (bicyclic) bond motifs is 1. The van der Waals surface area contributed by atoms with Gasteiger partial charge >= 0.3 is 5.97 Å². The van der Waals surface area contributed by atoms with Crippen LogP contribution < -0.4 is 15.6 Å². The van der Waals surface area contributed by atoms with Crippen molar-refractivity contribution in [2.24, 2.45) is 0 Å². The third-order valence-electron chi connectivity index (χ3n) is 4.80. The van der Waals surface area contributed by atoms with Gasteiger partial charge in [-0.2, -0.15) is 0 Å². The van der Waals surface area contributed by atoms with Crippen LogP contribution >= 0.6 is 11.3 Å². The normalized spacial score (nSPS) is 10.6. The van der Waals surface area contributed by atoms with Crippen LogP contribution in [-0.2, 0) is 4.74 Å². The predicted octanol–water partition coefficient (Wildman–Crippen LogP) is 4.10. The maximum Gasteiger partial charge on any atom is 0.350 e. The van der Waals surface area contributed by atoms with E-state index in [4.69, 9.17) is 9.47 Å². The molecule has 1 N–H and O–H groups in total. The van der Waals surface area contributed by atoms with Crippen LogP contribution in [0, 0.1) is 0 Å². The molecule has 0 unspecified atom stereocenters. The molecule has 8 heteroatoms. The number of amides is 1. The van der Waals surface area contributed by atoms with Crippen molar-refractivity contribution in [1.29, 1.82) is 0 Å². The van der Waals surface area contributed by atoms with E-state index in [-0.39, 0.29) is 5.56 Å². The summed E-state index contributed by atoms with van der Waals surface area (Å²) in [6.07, 6.45) is 1.51. The Morgan fingerprint density at radius 3 is 2.35 bits per heavy atom. The van der Waals surface area contributed by atoms with Gasteiger partial charge in [-0.25, -0.2) is 4.79 Å². The molecule has 0 bridgehead atoms. The van der Waals surface area contributed by atoms with E-state index in [1.807, 2.05) is 0 Å². The monoisotopic (exact) mass is 434 g/mol. The van der Waals surface area contributed by atoms with Crippen molar-refractivity contribution in [3.63, 3.8) is 0 Å². The molecule has 2 aromatic heterocycles. The number of nitrogens with one attached hydrogen (secondary N) is 1. The molecule has 0 radical (unpaired) electrons. The summed E-state index contributed by atoms with van der Waals surface area (Å²) in [5, 5.41) is 5.38. The fourth-order valence-electron chi connectivity index (χ4n) is 3.26. The number of pyridine rings is 1. The van der Waals surface area contributed by atoms with Gasteiger partial charge in [-0.15, -0.1) is 11.3 Å². The molecule has 0 fully saturated rings. The quantitative estimate of drug-likeness (QED) is 0.478. The number of benzene rings is 2. The standard InChI is InChI=1S/C23H18N2O5S/c1-29-15-9-7-14(8-10-15)25-13-18(16-5-3-4-6-17(16)22(25)27)21(26)24-19-11-12-31-20(19)23(28)30-2/h3-13H,1-2H3,(H,24,26). The number of carbonyl (C=O) groups excluding carboxylic acids is 2. The van der Waals surface area contributed by atoms with Crippen LogP contribution in [0.5, 0.6) is 5.75 Å². The fourth-order valence-corrected chi connectivity index (χ4v) is 4.02. The molecule has 0 aliphatic rings. The Balaban J connectivity index is 1.83. The Hall–Kier alpha value is -3.91. The first kappa shape index (κ1) is 20.4. The fraction of sp³-hybridized carbons (Fsp3) is 0.0870. The van der Waals surface area contributed by atoms with Crippen LogP contribution in [0.2, 0.25) is 0 Å². The number of thiophene rings is 1. The topological polar surface area (TPSA) is 86.6 Å². The Kier molecular flexibility index (Phi) is 5.55. The minimum absolute atomic E-state index is 0.247. The van der Waals surface area contributed by atoms with Crippen molar-refractivity contribution in [1.82, 2.24) is 4.57 Å². The molecule has 0 saturated carbocycles. The first-order valence-corrected chi connectivity index (χ1v) is 10.2. The van der Waals surface area contributed by atoms with Crippen LogP contribution in [0.25, 0.3) is 16.5 Å². The second kappa shape index (κ2) is 8.45. The van der Waals surface area contributed by atoms with Gasteiger partial charge in [0.2, 0.25) is 0 Å². The molecule has 0 aliphatic carbocycles. The van der Waals surface area contributed by atoms with Gasteiger partial charge in [-0.1, -0.05) is 18.2 Å². The van der Waals surface area contributed by atoms with Gasteiger partial charge in [-0.05, 0) is 41.8 Å². The number of hydrogen-bond donors (Lipinski definition) is 1. The minimum Gasteiger partial charge on any atom is -0.497 e. The molecule has 0 aliphatic heterocycles. The van der Waals surface area contributed by atoms with Gasteiger partial charge in [0.1, 0.15) is 10.6 Å². The third kappa shape index (κ3) is 3.80. The van der Waals surface area contributed by atoms with E-state index in [9.17, 15) is 14.4 Å². The number of nitrogens with zero attached hydrogens (tertiary/aromatic N) is 1. The van der Waals surface area contributed by atoms with E-state index in [1.54, 1.807) is 67.1 Å². The molecule has 156 valence electrons. The lowest BCUT2D eigenvalue weighted by Crippen LogP contribution is -2.23. The van der Waals surface area contributed by atoms with Crippen LogP contribution in [0.1, 0.15) is 20.0 Å². The molecule has 2 aromatic carbocycles. The van der Waals surface area contributed by atoms with Gasteiger partial charge in [0.05, 0.1) is 25.5 Å². The summed E-state index contributed by atoms with van der Waals surface area (Å²) >= 11 is 1.17. The average molecular weight is 434 g/mol. The number of hydrogen-bond acceptors (Lipinski definition) is 6. The number of anilines is 1. The van der Waals surface area contributed by atoms with Gasteiger partial charge < -0.3 is 14.8 Å². The highest BCUT2D eigenvalue weighted by atomic mass is 32.1. The number of aromatic nitrogens is 1. The zero-order valence-electron chi connectivity index (χ0n) is 16.7. The van der Waals surface area contributed by atoms with Crippen LogP contribution in [0.4, 0.5) is 5.69 Å². The van der Waals surface area contributed by atoms with Crippen molar-refractivity contribution in [2.45, 2.75) is 0 Å². The molecule has 0 spiro atoms. The number of rotatable bonds is 5. The molecule has 1 amide bonds. The van der Waals surface area contributed by atoms with E-state index in [0.29, 0.717) is 38.3 Å². The molecule has 4 aromatic rings. The van der Waals surface area contributed by atoms with Gasteiger partial charge in [0.25, 0.3) is 11.5 Å². The Morgan fingerprint density at radius 2 is 1.68 bits per heavy atom. The van der Waals surface area contributed by atoms with Crippen LogP contribution in [0.15, 0.2) is 71.0 Å². The van der Waals surface area contributed by atoms with E-state index >= 15 is 0 Å². The number of ether oxygens (including phenoxy) is 2. The van der Waals surface area contributed by atoms with E-state index < -0.39 is 11.9 Å². The highest BCUT2D eigenvalue weighted by molar-refractivity contribution is 7.12.